The first-order valence-corrected chi connectivity index (χ1v) is 7.98. The summed E-state index contributed by atoms with van der Waals surface area (Å²) in [6.07, 6.45) is 7.76. The summed E-state index contributed by atoms with van der Waals surface area (Å²) in [6, 6.07) is 0. The van der Waals surface area contributed by atoms with Gasteiger partial charge in [-0.2, -0.15) is 0 Å². The Morgan fingerprint density at radius 2 is 2.31 bits per heavy atom. The summed E-state index contributed by atoms with van der Waals surface area (Å²) in [4.78, 5) is 0. The molecule has 0 fully saturated rings. The van der Waals surface area contributed by atoms with Crippen LogP contribution >= 0.6 is 0 Å². The average molecular weight is 243 g/mol. The van der Waals surface area contributed by atoms with E-state index in [1.54, 1.807) is 11.8 Å². The Labute approximate surface area is 102 Å². The van der Waals surface area contributed by atoms with E-state index < -0.39 is 10.8 Å². The van der Waals surface area contributed by atoms with E-state index in [0.29, 0.717) is 0 Å². The smallest absolute Gasteiger partial charge is 0.0244 e. The molecule has 1 aliphatic rings. The van der Waals surface area contributed by atoms with Crippen molar-refractivity contribution in [3.05, 3.63) is 11.6 Å². The lowest BCUT2D eigenvalue weighted by atomic mass is 9.84. The second kappa shape index (κ2) is 7.23. The SMILES string of the molecule is CC1=CC(C)CC(CNCCCS(C)=O)C1. The summed E-state index contributed by atoms with van der Waals surface area (Å²) in [7, 11) is -0.634. The normalized spacial score (nSPS) is 27.6. The summed E-state index contributed by atoms with van der Waals surface area (Å²) < 4.78 is 10.9. The minimum absolute atomic E-state index is 0.634. The van der Waals surface area contributed by atoms with Gasteiger partial charge in [0.2, 0.25) is 0 Å². The molecule has 0 amide bonds. The van der Waals surface area contributed by atoms with Crippen LogP contribution in [0.5, 0.6) is 0 Å². The Balaban J connectivity index is 2.10. The molecule has 0 saturated heterocycles. The minimum atomic E-state index is -0.634. The van der Waals surface area contributed by atoms with Crippen molar-refractivity contribution in [3.8, 4) is 0 Å². The third kappa shape index (κ3) is 5.80. The van der Waals surface area contributed by atoms with Crippen LogP contribution in [0.15, 0.2) is 11.6 Å². The highest BCUT2D eigenvalue weighted by Gasteiger charge is 2.17. The van der Waals surface area contributed by atoms with Gasteiger partial charge in [0.1, 0.15) is 0 Å². The second-order valence-electron chi connectivity index (χ2n) is 5.13. The summed E-state index contributed by atoms with van der Waals surface area (Å²) in [5.41, 5.74) is 1.54. The van der Waals surface area contributed by atoms with Crippen molar-refractivity contribution < 1.29 is 4.21 Å². The zero-order valence-corrected chi connectivity index (χ0v) is 11.6. The zero-order chi connectivity index (χ0) is 12.0. The van der Waals surface area contributed by atoms with E-state index in [4.69, 9.17) is 0 Å². The Morgan fingerprint density at radius 1 is 1.56 bits per heavy atom. The lowest BCUT2D eigenvalue weighted by molar-refractivity contribution is 0.382. The van der Waals surface area contributed by atoms with Crippen LogP contribution in [-0.4, -0.2) is 29.3 Å². The van der Waals surface area contributed by atoms with Gasteiger partial charge in [-0.3, -0.25) is 4.21 Å². The first-order chi connectivity index (χ1) is 7.58. The highest BCUT2D eigenvalue weighted by Crippen LogP contribution is 2.27. The van der Waals surface area contributed by atoms with Crippen LogP contribution < -0.4 is 5.32 Å². The summed E-state index contributed by atoms with van der Waals surface area (Å²) >= 11 is 0. The number of rotatable bonds is 6. The minimum Gasteiger partial charge on any atom is -0.316 e. The molecule has 0 radical (unpaired) electrons. The van der Waals surface area contributed by atoms with Gasteiger partial charge in [0.15, 0.2) is 0 Å². The van der Waals surface area contributed by atoms with Crippen molar-refractivity contribution in [1.29, 1.82) is 0 Å². The molecule has 0 saturated carbocycles. The van der Waals surface area contributed by atoms with Gasteiger partial charge >= 0.3 is 0 Å². The average Bonchev–Trinajstić information content (AvgIpc) is 2.15. The van der Waals surface area contributed by atoms with Crippen LogP contribution in [0.25, 0.3) is 0 Å². The highest BCUT2D eigenvalue weighted by atomic mass is 32.2. The molecular formula is C13H25NOS. The van der Waals surface area contributed by atoms with Gasteiger partial charge < -0.3 is 5.32 Å². The Hall–Kier alpha value is -0.150. The molecular weight excluding hydrogens is 218 g/mol. The second-order valence-corrected chi connectivity index (χ2v) is 6.69. The molecule has 0 aromatic heterocycles. The van der Waals surface area contributed by atoms with Gasteiger partial charge in [-0.1, -0.05) is 18.6 Å². The molecule has 1 N–H and O–H groups in total. The first-order valence-electron chi connectivity index (χ1n) is 6.26. The largest absolute Gasteiger partial charge is 0.316 e. The van der Waals surface area contributed by atoms with Crippen molar-refractivity contribution >= 4 is 10.8 Å². The molecule has 0 aromatic carbocycles. The van der Waals surface area contributed by atoms with E-state index >= 15 is 0 Å². The predicted molar refractivity (Wildman–Crippen MR) is 72.1 cm³/mol. The fourth-order valence-electron chi connectivity index (χ4n) is 2.55. The maximum absolute atomic E-state index is 10.9. The molecule has 1 rings (SSSR count). The lowest BCUT2D eigenvalue weighted by Gasteiger charge is -2.25. The van der Waals surface area contributed by atoms with E-state index in [2.05, 4.69) is 25.2 Å². The predicted octanol–water partition coefficient (Wildman–Crippen LogP) is 2.34. The number of nitrogens with one attached hydrogen (secondary N) is 1. The van der Waals surface area contributed by atoms with Crippen molar-refractivity contribution in [2.24, 2.45) is 11.8 Å². The third-order valence-electron chi connectivity index (χ3n) is 3.10. The molecule has 2 nitrogen and oxygen atoms in total. The van der Waals surface area contributed by atoms with Crippen molar-refractivity contribution in [1.82, 2.24) is 5.32 Å². The molecule has 0 heterocycles. The number of hydrogen-bond acceptors (Lipinski definition) is 2. The third-order valence-corrected chi connectivity index (χ3v) is 3.97. The molecule has 1 aliphatic carbocycles. The molecule has 0 bridgehead atoms. The number of allylic oxidation sites excluding steroid dienone is 2. The Bertz CT molecular complexity index is 263. The molecule has 0 aliphatic heterocycles. The van der Waals surface area contributed by atoms with Crippen molar-refractivity contribution in [3.63, 3.8) is 0 Å². The van der Waals surface area contributed by atoms with Gasteiger partial charge in [0.05, 0.1) is 0 Å². The standard InChI is InChI=1S/C13H25NOS/c1-11-7-12(2)9-13(8-11)10-14-5-4-6-16(3)15/h7,11,13-14H,4-6,8-10H2,1-3H3. The topological polar surface area (TPSA) is 29.1 Å². The van der Waals surface area contributed by atoms with E-state index in [9.17, 15) is 4.21 Å². The van der Waals surface area contributed by atoms with Crippen LogP contribution in [0.1, 0.15) is 33.1 Å². The molecule has 3 heteroatoms. The Morgan fingerprint density at radius 3 is 2.94 bits per heavy atom. The Kier molecular flexibility index (Phi) is 6.29. The summed E-state index contributed by atoms with van der Waals surface area (Å²) in [5.74, 6) is 2.36. The van der Waals surface area contributed by atoms with Gasteiger partial charge in [-0.15, -0.1) is 0 Å². The van der Waals surface area contributed by atoms with Crippen molar-refractivity contribution in [2.75, 3.05) is 25.1 Å². The molecule has 3 atom stereocenters. The van der Waals surface area contributed by atoms with Gasteiger partial charge in [-0.25, -0.2) is 0 Å². The zero-order valence-electron chi connectivity index (χ0n) is 10.8. The van der Waals surface area contributed by atoms with Gasteiger partial charge in [0, 0.05) is 22.8 Å². The maximum atomic E-state index is 10.9. The molecule has 3 unspecified atom stereocenters. The van der Waals surface area contributed by atoms with Gasteiger partial charge in [0.25, 0.3) is 0 Å². The van der Waals surface area contributed by atoms with Crippen LogP contribution in [-0.2, 0) is 10.8 Å². The summed E-state index contributed by atoms with van der Waals surface area (Å²) in [6.45, 7) is 6.66. The summed E-state index contributed by atoms with van der Waals surface area (Å²) in [5, 5.41) is 3.49. The van der Waals surface area contributed by atoms with E-state index in [1.165, 1.54) is 12.8 Å². The molecule has 0 spiro atoms. The molecule has 94 valence electrons. The maximum Gasteiger partial charge on any atom is 0.0244 e. The van der Waals surface area contributed by atoms with Crippen LogP contribution in [0.3, 0.4) is 0 Å². The lowest BCUT2D eigenvalue weighted by Crippen LogP contribution is -2.27. The van der Waals surface area contributed by atoms with E-state index in [1.807, 2.05) is 0 Å². The molecule has 16 heavy (non-hydrogen) atoms. The monoisotopic (exact) mass is 243 g/mol. The first kappa shape index (κ1) is 13.9. The van der Waals surface area contributed by atoms with Gasteiger partial charge in [-0.05, 0) is 51.1 Å². The van der Waals surface area contributed by atoms with Crippen LogP contribution in [0, 0.1) is 11.8 Å². The van der Waals surface area contributed by atoms with Crippen LogP contribution in [0.4, 0.5) is 0 Å². The van der Waals surface area contributed by atoms with Crippen molar-refractivity contribution in [2.45, 2.75) is 33.1 Å². The molecule has 0 aromatic rings. The highest BCUT2D eigenvalue weighted by molar-refractivity contribution is 7.84. The fourth-order valence-corrected chi connectivity index (χ4v) is 3.10. The van der Waals surface area contributed by atoms with E-state index in [-0.39, 0.29) is 0 Å². The fraction of sp³-hybridized carbons (Fsp3) is 0.846. The van der Waals surface area contributed by atoms with Crippen LogP contribution in [0.2, 0.25) is 0 Å². The van der Waals surface area contributed by atoms with E-state index in [0.717, 1.165) is 37.1 Å². The number of hydrogen-bond donors (Lipinski definition) is 1. The quantitative estimate of drug-likeness (QED) is 0.573.